The quantitative estimate of drug-likeness (QED) is 0.817. The summed E-state index contributed by atoms with van der Waals surface area (Å²) in [5, 5.41) is 2.96. The van der Waals surface area contributed by atoms with Gasteiger partial charge in [0.25, 0.3) is 17.7 Å². The lowest BCUT2D eigenvalue weighted by molar-refractivity contribution is 0.0548. The van der Waals surface area contributed by atoms with Gasteiger partial charge in [0, 0.05) is 11.6 Å². The zero-order valence-corrected chi connectivity index (χ0v) is 16.0. The van der Waals surface area contributed by atoms with Crippen molar-refractivity contribution < 1.29 is 14.4 Å². The largest absolute Gasteiger partial charge is 0.346 e. The molecule has 1 saturated carbocycles. The van der Waals surface area contributed by atoms with Crippen molar-refractivity contribution in [2.24, 2.45) is 0 Å². The minimum Gasteiger partial charge on any atom is -0.346 e. The fourth-order valence-electron chi connectivity index (χ4n) is 4.18. The molecule has 2 aromatic carbocycles. The van der Waals surface area contributed by atoms with Gasteiger partial charge in [-0.05, 0) is 43.5 Å². The fraction of sp³-hybridized carbons (Fsp3) is 0.348. The highest BCUT2D eigenvalue weighted by molar-refractivity contribution is 6.22. The first-order valence-electron chi connectivity index (χ1n) is 9.94. The van der Waals surface area contributed by atoms with E-state index in [-0.39, 0.29) is 29.8 Å². The van der Waals surface area contributed by atoms with E-state index in [9.17, 15) is 14.4 Å². The van der Waals surface area contributed by atoms with Gasteiger partial charge in [0.1, 0.15) is 0 Å². The summed E-state index contributed by atoms with van der Waals surface area (Å²) >= 11 is 0. The van der Waals surface area contributed by atoms with Gasteiger partial charge >= 0.3 is 0 Å². The molecule has 1 unspecified atom stereocenters. The molecule has 1 atom stereocenters. The van der Waals surface area contributed by atoms with Crippen LogP contribution in [0.15, 0.2) is 48.5 Å². The summed E-state index contributed by atoms with van der Waals surface area (Å²) in [7, 11) is 0. The molecule has 4 rings (SSSR count). The topological polar surface area (TPSA) is 66.5 Å². The first kappa shape index (κ1) is 18.4. The van der Waals surface area contributed by atoms with E-state index in [1.807, 2.05) is 37.3 Å². The van der Waals surface area contributed by atoms with Crippen LogP contribution in [0.3, 0.4) is 0 Å². The molecule has 1 aliphatic carbocycles. The van der Waals surface area contributed by atoms with E-state index in [0.717, 1.165) is 37.7 Å². The van der Waals surface area contributed by atoms with Crippen LogP contribution in [-0.2, 0) is 0 Å². The van der Waals surface area contributed by atoms with Gasteiger partial charge in [-0.1, -0.05) is 49.6 Å². The van der Waals surface area contributed by atoms with Crippen LogP contribution in [-0.4, -0.2) is 28.7 Å². The van der Waals surface area contributed by atoms with Crippen molar-refractivity contribution in [1.29, 1.82) is 0 Å². The first-order valence-corrected chi connectivity index (χ1v) is 9.94. The monoisotopic (exact) mass is 376 g/mol. The molecular formula is C23H24N2O3. The molecule has 0 bridgehead atoms. The molecule has 1 N–H and O–H groups in total. The van der Waals surface area contributed by atoms with Crippen LogP contribution >= 0.6 is 0 Å². The van der Waals surface area contributed by atoms with Crippen LogP contribution in [0.2, 0.25) is 0 Å². The van der Waals surface area contributed by atoms with Gasteiger partial charge in [-0.15, -0.1) is 0 Å². The third-order valence-corrected chi connectivity index (χ3v) is 5.77. The Morgan fingerprint density at radius 2 is 1.64 bits per heavy atom. The number of amides is 3. The van der Waals surface area contributed by atoms with Crippen molar-refractivity contribution in [2.45, 2.75) is 51.1 Å². The molecule has 0 radical (unpaired) electrons. The van der Waals surface area contributed by atoms with Gasteiger partial charge in [0.05, 0.1) is 17.2 Å². The van der Waals surface area contributed by atoms with E-state index < -0.39 is 0 Å². The third-order valence-electron chi connectivity index (χ3n) is 5.77. The van der Waals surface area contributed by atoms with Crippen molar-refractivity contribution in [3.63, 3.8) is 0 Å². The van der Waals surface area contributed by atoms with Gasteiger partial charge in [0.15, 0.2) is 0 Å². The number of benzene rings is 2. The van der Waals surface area contributed by atoms with E-state index in [0.29, 0.717) is 16.7 Å². The predicted octanol–water partition coefficient (Wildman–Crippen LogP) is 4.11. The van der Waals surface area contributed by atoms with Crippen molar-refractivity contribution in [3.05, 3.63) is 70.8 Å². The van der Waals surface area contributed by atoms with E-state index in [4.69, 9.17) is 0 Å². The average Bonchev–Trinajstić information content (AvgIpc) is 2.99. The second-order valence-electron chi connectivity index (χ2n) is 7.64. The summed E-state index contributed by atoms with van der Waals surface area (Å²) in [6.45, 7) is 1.92. The number of rotatable bonds is 4. The fourth-order valence-corrected chi connectivity index (χ4v) is 4.18. The summed E-state index contributed by atoms with van der Waals surface area (Å²) in [6, 6.07) is 14.3. The van der Waals surface area contributed by atoms with Crippen LogP contribution in [0, 0.1) is 0 Å². The molecule has 0 saturated heterocycles. The van der Waals surface area contributed by atoms with Crippen molar-refractivity contribution >= 4 is 17.7 Å². The molecule has 2 aromatic rings. The average molecular weight is 376 g/mol. The second kappa shape index (κ2) is 7.58. The van der Waals surface area contributed by atoms with Gasteiger partial charge in [-0.25, -0.2) is 0 Å². The van der Waals surface area contributed by atoms with Crippen LogP contribution in [0.5, 0.6) is 0 Å². The number of carbonyl (C=O) groups excluding carboxylic acids is 3. The van der Waals surface area contributed by atoms with Crippen molar-refractivity contribution in [1.82, 2.24) is 10.2 Å². The van der Waals surface area contributed by atoms with Gasteiger partial charge < -0.3 is 5.32 Å². The smallest absolute Gasteiger partial charge is 0.261 e. The third kappa shape index (κ3) is 3.33. The Balaban J connectivity index is 1.53. The number of hydrogen-bond donors (Lipinski definition) is 1. The number of nitrogens with one attached hydrogen (secondary N) is 1. The molecule has 0 aromatic heterocycles. The molecule has 144 valence electrons. The van der Waals surface area contributed by atoms with Crippen molar-refractivity contribution in [2.75, 3.05) is 0 Å². The Morgan fingerprint density at radius 1 is 0.964 bits per heavy atom. The second-order valence-corrected chi connectivity index (χ2v) is 7.64. The predicted molar refractivity (Wildman–Crippen MR) is 106 cm³/mol. The molecule has 1 fully saturated rings. The van der Waals surface area contributed by atoms with E-state index >= 15 is 0 Å². The maximum atomic E-state index is 12.9. The molecule has 2 aliphatic rings. The number of nitrogens with zero attached hydrogens (tertiary/aromatic N) is 1. The summed E-state index contributed by atoms with van der Waals surface area (Å²) in [6.07, 6.45) is 4.98. The molecule has 0 spiro atoms. The minimum absolute atomic E-state index is 0.0171. The van der Waals surface area contributed by atoms with Gasteiger partial charge in [0.2, 0.25) is 0 Å². The molecule has 1 heterocycles. The SMILES string of the molecule is CC(NC(=O)c1ccc2c(c1)C(=O)N(C1CCCCC1)C2=O)c1ccccc1. The lowest BCUT2D eigenvalue weighted by atomic mass is 9.94. The number of hydrogen-bond acceptors (Lipinski definition) is 3. The molecule has 28 heavy (non-hydrogen) atoms. The number of carbonyl (C=O) groups is 3. The summed E-state index contributed by atoms with van der Waals surface area (Å²) in [5.74, 6) is -0.746. The molecule has 5 heteroatoms. The maximum Gasteiger partial charge on any atom is 0.261 e. The van der Waals surface area contributed by atoms with Gasteiger partial charge in [-0.2, -0.15) is 0 Å². The molecule has 5 nitrogen and oxygen atoms in total. The molecule has 3 amide bonds. The van der Waals surface area contributed by atoms with Crippen LogP contribution in [0.25, 0.3) is 0 Å². The minimum atomic E-state index is -0.266. The summed E-state index contributed by atoms with van der Waals surface area (Å²) < 4.78 is 0. The zero-order chi connectivity index (χ0) is 19.7. The Bertz CT molecular complexity index is 917. The van der Waals surface area contributed by atoms with E-state index in [1.165, 1.54) is 4.90 Å². The highest BCUT2D eigenvalue weighted by Crippen LogP contribution is 2.31. The van der Waals surface area contributed by atoms with Gasteiger partial charge in [-0.3, -0.25) is 19.3 Å². The highest BCUT2D eigenvalue weighted by atomic mass is 16.2. The van der Waals surface area contributed by atoms with Crippen LogP contribution in [0.4, 0.5) is 0 Å². The lowest BCUT2D eigenvalue weighted by Gasteiger charge is -2.29. The highest BCUT2D eigenvalue weighted by Gasteiger charge is 2.40. The molecule has 1 aliphatic heterocycles. The normalized spacial score (nSPS) is 18.1. The summed E-state index contributed by atoms with van der Waals surface area (Å²) in [4.78, 5) is 39.7. The number of imide groups is 1. The van der Waals surface area contributed by atoms with E-state index in [1.54, 1.807) is 18.2 Å². The standard InChI is InChI=1S/C23H24N2O3/c1-15(16-8-4-2-5-9-16)24-21(26)17-12-13-19-20(14-17)23(28)25(22(19)27)18-10-6-3-7-11-18/h2,4-5,8-9,12-15,18H,3,6-7,10-11H2,1H3,(H,24,26). The van der Waals surface area contributed by atoms with E-state index in [2.05, 4.69) is 5.32 Å². The Labute approximate surface area is 164 Å². The van der Waals surface area contributed by atoms with Crippen molar-refractivity contribution in [3.8, 4) is 0 Å². The maximum absolute atomic E-state index is 12.9. The summed E-state index contributed by atoms with van der Waals surface area (Å²) in [5.41, 5.74) is 2.15. The Hall–Kier alpha value is -2.95. The van der Waals surface area contributed by atoms with Crippen LogP contribution in [0.1, 0.15) is 81.7 Å². The number of fused-ring (bicyclic) bond motifs is 1. The Morgan fingerprint density at radius 3 is 2.36 bits per heavy atom. The first-order chi connectivity index (χ1) is 13.6. The zero-order valence-electron chi connectivity index (χ0n) is 16.0. The Kier molecular flexibility index (Phi) is 4.99. The van der Waals surface area contributed by atoms with Crippen LogP contribution < -0.4 is 5.32 Å². The lowest BCUT2D eigenvalue weighted by Crippen LogP contribution is -2.40. The molecular weight excluding hydrogens is 352 g/mol.